The monoisotopic (exact) mass is 180 g/mol. The first kappa shape index (κ1) is 9.49. The second-order valence-corrected chi connectivity index (χ2v) is 2.65. The molecule has 0 aliphatic rings. The van der Waals surface area contributed by atoms with Gasteiger partial charge in [-0.3, -0.25) is 0 Å². The van der Waals surface area contributed by atoms with Crippen LogP contribution in [0.4, 0.5) is 4.39 Å². The van der Waals surface area contributed by atoms with E-state index in [0.29, 0.717) is 0 Å². The quantitative estimate of drug-likeness (QED) is 0.723. The van der Waals surface area contributed by atoms with Gasteiger partial charge in [-0.1, -0.05) is 12.1 Å². The van der Waals surface area contributed by atoms with Crippen molar-refractivity contribution in [3.8, 4) is 11.8 Å². The van der Waals surface area contributed by atoms with Gasteiger partial charge < -0.3 is 10.8 Å². The van der Waals surface area contributed by atoms with Gasteiger partial charge >= 0.3 is 0 Å². The molecule has 0 saturated carbocycles. The third kappa shape index (κ3) is 1.95. The number of phenols is 1. The van der Waals surface area contributed by atoms with Crippen LogP contribution in [0.1, 0.15) is 18.0 Å². The molecule has 3 N–H and O–H groups in total. The standard InChI is InChI=1S/C9H9FN2O/c10-7-3-1-2-6(9(7)13)8(12)4-5-11/h1-3,8,13H,4,12H2/t8-/m0/s1. The number of hydrogen-bond donors (Lipinski definition) is 2. The van der Waals surface area contributed by atoms with Gasteiger partial charge in [0.1, 0.15) is 0 Å². The molecule has 0 aliphatic carbocycles. The number of aromatic hydroxyl groups is 1. The first-order valence-corrected chi connectivity index (χ1v) is 3.76. The van der Waals surface area contributed by atoms with E-state index in [9.17, 15) is 9.50 Å². The predicted molar refractivity (Wildman–Crippen MR) is 45.2 cm³/mol. The van der Waals surface area contributed by atoms with Crippen LogP contribution in [0.3, 0.4) is 0 Å². The molecule has 0 fully saturated rings. The molecule has 13 heavy (non-hydrogen) atoms. The summed E-state index contributed by atoms with van der Waals surface area (Å²) in [5.74, 6) is -1.18. The molecule has 68 valence electrons. The maximum Gasteiger partial charge on any atom is 0.165 e. The van der Waals surface area contributed by atoms with Crippen molar-refractivity contribution in [3.63, 3.8) is 0 Å². The highest BCUT2D eigenvalue weighted by Crippen LogP contribution is 2.26. The third-order valence-corrected chi connectivity index (χ3v) is 1.73. The SMILES string of the molecule is N#CC[C@H](N)c1cccc(F)c1O. The van der Waals surface area contributed by atoms with E-state index in [1.807, 2.05) is 6.07 Å². The minimum atomic E-state index is -0.717. The average molecular weight is 180 g/mol. The molecule has 0 heterocycles. The van der Waals surface area contributed by atoms with Gasteiger partial charge in [-0.2, -0.15) is 5.26 Å². The van der Waals surface area contributed by atoms with Crippen LogP contribution < -0.4 is 5.73 Å². The Morgan fingerprint density at radius 2 is 2.31 bits per heavy atom. The zero-order valence-electron chi connectivity index (χ0n) is 6.87. The maximum atomic E-state index is 12.8. The Morgan fingerprint density at radius 1 is 1.62 bits per heavy atom. The molecule has 0 radical (unpaired) electrons. The average Bonchev–Trinajstić information content (AvgIpc) is 2.10. The van der Waals surface area contributed by atoms with Gasteiger partial charge in [0.2, 0.25) is 0 Å². The number of hydrogen-bond acceptors (Lipinski definition) is 3. The van der Waals surface area contributed by atoms with Gasteiger partial charge in [0, 0.05) is 11.6 Å². The van der Waals surface area contributed by atoms with E-state index in [0.717, 1.165) is 6.07 Å². The topological polar surface area (TPSA) is 70.0 Å². The molecule has 0 unspecified atom stereocenters. The number of phenolic OH excluding ortho intramolecular Hbond substituents is 1. The van der Waals surface area contributed by atoms with Crippen LogP contribution in [-0.2, 0) is 0 Å². The fraction of sp³-hybridized carbons (Fsp3) is 0.222. The normalized spacial score (nSPS) is 12.1. The summed E-state index contributed by atoms with van der Waals surface area (Å²) in [5.41, 5.74) is 5.79. The summed E-state index contributed by atoms with van der Waals surface area (Å²) in [5, 5.41) is 17.6. The highest BCUT2D eigenvalue weighted by atomic mass is 19.1. The number of nitrogens with zero attached hydrogens (tertiary/aromatic N) is 1. The van der Waals surface area contributed by atoms with Crippen molar-refractivity contribution in [2.24, 2.45) is 5.73 Å². The first-order chi connectivity index (χ1) is 6.16. The Bertz CT molecular complexity index is 346. The van der Waals surface area contributed by atoms with E-state index >= 15 is 0 Å². The molecule has 1 atom stereocenters. The van der Waals surface area contributed by atoms with Crippen molar-refractivity contribution < 1.29 is 9.50 Å². The molecule has 0 aromatic heterocycles. The largest absolute Gasteiger partial charge is 0.505 e. The summed E-state index contributed by atoms with van der Waals surface area (Å²) < 4.78 is 12.8. The zero-order chi connectivity index (χ0) is 9.84. The highest BCUT2D eigenvalue weighted by Gasteiger charge is 2.12. The molecule has 0 spiro atoms. The Morgan fingerprint density at radius 3 is 2.92 bits per heavy atom. The fourth-order valence-corrected chi connectivity index (χ4v) is 1.04. The van der Waals surface area contributed by atoms with Crippen molar-refractivity contribution in [3.05, 3.63) is 29.6 Å². The number of nitriles is 1. The summed E-state index contributed by atoms with van der Waals surface area (Å²) in [4.78, 5) is 0. The van der Waals surface area contributed by atoms with E-state index in [4.69, 9.17) is 11.0 Å². The van der Waals surface area contributed by atoms with Gasteiger partial charge in [0.15, 0.2) is 11.6 Å². The van der Waals surface area contributed by atoms with Crippen molar-refractivity contribution in [1.82, 2.24) is 0 Å². The second-order valence-electron chi connectivity index (χ2n) is 2.65. The lowest BCUT2D eigenvalue weighted by molar-refractivity contribution is 0.421. The molecule has 1 aromatic rings. The lowest BCUT2D eigenvalue weighted by atomic mass is 10.0. The first-order valence-electron chi connectivity index (χ1n) is 3.76. The molecule has 4 heteroatoms. The van der Waals surface area contributed by atoms with Gasteiger partial charge in [0.25, 0.3) is 0 Å². The number of halogens is 1. The molecule has 3 nitrogen and oxygen atoms in total. The minimum absolute atomic E-state index is 0.0526. The number of benzene rings is 1. The van der Waals surface area contributed by atoms with Crippen LogP contribution in [0.25, 0.3) is 0 Å². The summed E-state index contributed by atoms with van der Waals surface area (Å²) >= 11 is 0. The molecule has 1 rings (SSSR count). The minimum Gasteiger partial charge on any atom is -0.505 e. The second kappa shape index (κ2) is 3.87. The van der Waals surface area contributed by atoms with Crippen LogP contribution in [0, 0.1) is 17.1 Å². The zero-order valence-corrected chi connectivity index (χ0v) is 6.87. The van der Waals surface area contributed by atoms with E-state index < -0.39 is 17.6 Å². The molecular weight excluding hydrogens is 171 g/mol. The van der Waals surface area contributed by atoms with Crippen molar-refractivity contribution in [1.29, 1.82) is 5.26 Å². The third-order valence-electron chi connectivity index (χ3n) is 1.73. The lowest BCUT2D eigenvalue weighted by Gasteiger charge is -2.09. The molecule has 0 bridgehead atoms. The van der Waals surface area contributed by atoms with E-state index in [2.05, 4.69) is 0 Å². The fourth-order valence-electron chi connectivity index (χ4n) is 1.04. The van der Waals surface area contributed by atoms with Crippen LogP contribution in [-0.4, -0.2) is 5.11 Å². The van der Waals surface area contributed by atoms with Gasteiger partial charge in [-0.15, -0.1) is 0 Å². The molecule has 0 aliphatic heterocycles. The Balaban J connectivity index is 3.02. The van der Waals surface area contributed by atoms with Gasteiger partial charge in [-0.05, 0) is 6.07 Å². The van der Waals surface area contributed by atoms with Crippen LogP contribution in [0.5, 0.6) is 5.75 Å². The number of rotatable bonds is 2. The smallest absolute Gasteiger partial charge is 0.165 e. The molecule has 0 saturated heterocycles. The number of para-hydroxylation sites is 1. The van der Waals surface area contributed by atoms with E-state index in [1.165, 1.54) is 12.1 Å². The molecule has 1 aromatic carbocycles. The van der Waals surface area contributed by atoms with E-state index in [-0.39, 0.29) is 12.0 Å². The molecule has 0 amide bonds. The van der Waals surface area contributed by atoms with Crippen molar-refractivity contribution >= 4 is 0 Å². The summed E-state index contributed by atoms with van der Waals surface area (Å²) in [6.07, 6.45) is 0.0526. The lowest BCUT2D eigenvalue weighted by Crippen LogP contribution is -2.09. The predicted octanol–water partition coefficient (Wildman–Crippen LogP) is 1.44. The highest BCUT2D eigenvalue weighted by molar-refractivity contribution is 5.36. The van der Waals surface area contributed by atoms with Crippen molar-refractivity contribution in [2.45, 2.75) is 12.5 Å². The summed E-state index contributed by atoms with van der Waals surface area (Å²) in [7, 11) is 0. The molecular formula is C9H9FN2O. The summed E-state index contributed by atoms with van der Waals surface area (Å²) in [6.45, 7) is 0. The van der Waals surface area contributed by atoms with Gasteiger partial charge in [-0.25, -0.2) is 4.39 Å². The van der Waals surface area contributed by atoms with Gasteiger partial charge in [0.05, 0.1) is 12.5 Å². The van der Waals surface area contributed by atoms with Crippen LogP contribution >= 0.6 is 0 Å². The summed E-state index contributed by atoms with van der Waals surface area (Å²) in [6, 6.07) is 5.30. The number of nitrogens with two attached hydrogens (primary N) is 1. The van der Waals surface area contributed by atoms with E-state index in [1.54, 1.807) is 0 Å². The van der Waals surface area contributed by atoms with Crippen molar-refractivity contribution in [2.75, 3.05) is 0 Å². The van der Waals surface area contributed by atoms with Crippen LogP contribution in [0.15, 0.2) is 18.2 Å². The Hall–Kier alpha value is -1.60. The maximum absolute atomic E-state index is 12.8. The Kier molecular flexibility index (Phi) is 2.83. The Labute approximate surface area is 75.2 Å². The van der Waals surface area contributed by atoms with Crippen LogP contribution in [0.2, 0.25) is 0 Å².